The van der Waals surface area contributed by atoms with Crippen LogP contribution in [0.25, 0.3) is 0 Å². The number of anilines is 2. The summed E-state index contributed by atoms with van der Waals surface area (Å²) in [6.45, 7) is 1.62. The lowest BCUT2D eigenvalue weighted by atomic mass is 10.2. The fraction of sp³-hybridized carbons (Fsp3) is 0.294. The van der Waals surface area contributed by atoms with Crippen LogP contribution >= 0.6 is 11.8 Å². The highest BCUT2D eigenvalue weighted by atomic mass is 32.2. The van der Waals surface area contributed by atoms with Gasteiger partial charge in [0.05, 0.1) is 5.56 Å². The number of carbonyl (C=O) groups excluding carboxylic acids is 1. The Bertz CT molecular complexity index is 657. The van der Waals surface area contributed by atoms with Crippen LogP contribution in [0.3, 0.4) is 0 Å². The first-order chi connectivity index (χ1) is 10.8. The molecule has 1 aliphatic rings. The molecule has 0 fully saturated rings. The van der Waals surface area contributed by atoms with E-state index in [0.29, 0.717) is 5.56 Å². The third-order valence-electron chi connectivity index (χ3n) is 3.76. The lowest BCUT2D eigenvalue weighted by Crippen LogP contribution is -2.28. The zero-order valence-electron chi connectivity index (χ0n) is 12.6. The Balaban J connectivity index is 1.71. The summed E-state index contributed by atoms with van der Waals surface area (Å²) in [6.07, 6.45) is 4.65. The number of thioether (sulfide) groups is 1. The molecule has 114 valence electrons. The van der Waals surface area contributed by atoms with Crippen molar-refractivity contribution in [1.82, 2.24) is 4.98 Å². The summed E-state index contributed by atoms with van der Waals surface area (Å²) in [7, 11) is 0. The Kier molecular flexibility index (Phi) is 4.63. The Hall–Kier alpha value is -2.01. The highest BCUT2D eigenvalue weighted by molar-refractivity contribution is 7.98. The van der Waals surface area contributed by atoms with Gasteiger partial charge in [0.15, 0.2) is 0 Å². The van der Waals surface area contributed by atoms with Crippen molar-refractivity contribution >= 4 is 29.2 Å². The monoisotopic (exact) mass is 313 g/mol. The predicted octanol–water partition coefficient (Wildman–Crippen LogP) is 3.06. The second-order valence-electron chi connectivity index (χ2n) is 5.19. The molecule has 4 nitrogen and oxygen atoms in total. The predicted molar refractivity (Wildman–Crippen MR) is 92.9 cm³/mol. The average Bonchev–Trinajstić information content (AvgIpc) is 2.99. The lowest BCUT2D eigenvalue weighted by molar-refractivity contribution is 0.0989. The van der Waals surface area contributed by atoms with Crippen molar-refractivity contribution in [2.24, 2.45) is 0 Å². The van der Waals surface area contributed by atoms with Crippen LogP contribution in [0.1, 0.15) is 15.9 Å². The van der Waals surface area contributed by atoms with Gasteiger partial charge in [0.1, 0.15) is 5.82 Å². The van der Waals surface area contributed by atoms with E-state index in [4.69, 9.17) is 0 Å². The SMILES string of the molecule is CSCCNc1ccc(C(=O)N2CCc3ccccc32)cn1. The molecule has 0 saturated heterocycles. The minimum absolute atomic E-state index is 0.0214. The van der Waals surface area contributed by atoms with E-state index in [-0.39, 0.29) is 5.91 Å². The second-order valence-corrected chi connectivity index (χ2v) is 6.17. The van der Waals surface area contributed by atoms with Gasteiger partial charge in [0.2, 0.25) is 0 Å². The van der Waals surface area contributed by atoms with E-state index in [1.807, 2.05) is 35.2 Å². The van der Waals surface area contributed by atoms with Crippen molar-refractivity contribution < 1.29 is 4.79 Å². The van der Waals surface area contributed by atoms with E-state index in [1.54, 1.807) is 18.0 Å². The summed E-state index contributed by atoms with van der Waals surface area (Å²) in [5.41, 5.74) is 2.89. The molecule has 22 heavy (non-hydrogen) atoms. The van der Waals surface area contributed by atoms with Crippen LogP contribution in [0.15, 0.2) is 42.6 Å². The summed E-state index contributed by atoms with van der Waals surface area (Å²) >= 11 is 1.79. The van der Waals surface area contributed by atoms with Gasteiger partial charge in [-0.3, -0.25) is 4.79 Å². The molecule has 3 rings (SSSR count). The number of rotatable bonds is 5. The molecule has 5 heteroatoms. The van der Waals surface area contributed by atoms with Crippen LogP contribution < -0.4 is 10.2 Å². The molecule has 0 spiro atoms. The summed E-state index contributed by atoms with van der Waals surface area (Å²) in [4.78, 5) is 18.8. The third-order valence-corrected chi connectivity index (χ3v) is 4.37. The molecule has 1 aromatic heterocycles. The number of nitrogens with zero attached hydrogens (tertiary/aromatic N) is 2. The fourth-order valence-corrected chi connectivity index (χ4v) is 2.92. The van der Waals surface area contributed by atoms with Crippen molar-refractivity contribution in [3.8, 4) is 0 Å². The van der Waals surface area contributed by atoms with Gasteiger partial charge in [-0.1, -0.05) is 18.2 Å². The first-order valence-corrected chi connectivity index (χ1v) is 8.77. The van der Waals surface area contributed by atoms with Gasteiger partial charge in [-0.15, -0.1) is 0 Å². The highest BCUT2D eigenvalue weighted by Crippen LogP contribution is 2.28. The van der Waals surface area contributed by atoms with E-state index in [1.165, 1.54) is 5.56 Å². The number of benzene rings is 1. The van der Waals surface area contributed by atoms with Crippen molar-refractivity contribution in [2.45, 2.75) is 6.42 Å². The molecule has 1 amide bonds. The fourth-order valence-electron chi connectivity index (χ4n) is 2.61. The maximum absolute atomic E-state index is 12.6. The van der Waals surface area contributed by atoms with E-state index < -0.39 is 0 Å². The quantitative estimate of drug-likeness (QED) is 0.862. The number of nitrogens with one attached hydrogen (secondary N) is 1. The van der Waals surface area contributed by atoms with Crippen molar-refractivity contribution in [1.29, 1.82) is 0 Å². The van der Waals surface area contributed by atoms with Crippen LogP contribution in [-0.4, -0.2) is 36.0 Å². The number of hydrogen-bond acceptors (Lipinski definition) is 4. The van der Waals surface area contributed by atoms with Crippen molar-refractivity contribution in [2.75, 3.05) is 35.3 Å². The smallest absolute Gasteiger partial charge is 0.259 e. The van der Waals surface area contributed by atoms with Crippen molar-refractivity contribution in [3.05, 3.63) is 53.7 Å². The minimum Gasteiger partial charge on any atom is -0.369 e. The summed E-state index contributed by atoms with van der Waals surface area (Å²) < 4.78 is 0. The van der Waals surface area contributed by atoms with Crippen LogP contribution in [0, 0.1) is 0 Å². The summed E-state index contributed by atoms with van der Waals surface area (Å²) in [5, 5.41) is 3.24. The van der Waals surface area contributed by atoms with Crippen LogP contribution in [0.5, 0.6) is 0 Å². The van der Waals surface area contributed by atoms with Gasteiger partial charge in [0, 0.05) is 30.7 Å². The first kappa shape index (κ1) is 14.9. The Morgan fingerprint density at radius 1 is 1.32 bits per heavy atom. The van der Waals surface area contributed by atoms with E-state index in [0.717, 1.165) is 36.8 Å². The summed E-state index contributed by atoms with van der Waals surface area (Å²) in [6, 6.07) is 11.8. The molecule has 1 aliphatic heterocycles. The zero-order valence-corrected chi connectivity index (χ0v) is 13.4. The molecule has 0 atom stereocenters. The molecule has 2 aromatic rings. The molecule has 0 bridgehead atoms. The molecule has 0 radical (unpaired) electrons. The molecular weight excluding hydrogens is 294 g/mol. The Morgan fingerprint density at radius 2 is 2.18 bits per heavy atom. The molecule has 0 unspecified atom stereocenters. The summed E-state index contributed by atoms with van der Waals surface area (Å²) in [5.74, 6) is 1.87. The Morgan fingerprint density at radius 3 is 2.95 bits per heavy atom. The molecule has 0 saturated carbocycles. The number of hydrogen-bond donors (Lipinski definition) is 1. The van der Waals surface area contributed by atoms with Gasteiger partial charge in [-0.05, 0) is 36.4 Å². The highest BCUT2D eigenvalue weighted by Gasteiger charge is 2.25. The van der Waals surface area contributed by atoms with Crippen LogP contribution in [0.4, 0.5) is 11.5 Å². The largest absolute Gasteiger partial charge is 0.369 e. The van der Waals surface area contributed by atoms with E-state index >= 15 is 0 Å². The first-order valence-electron chi connectivity index (χ1n) is 7.38. The van der Waals surface area contributed by atoms with Crippen molar-refractivity contribution in [3.63, 3.8) is 0 Å². The second kappa shape index (κ2) is 6.83. The Labute approximate surface area is 134 Å². The average molecular weight is 313 g/mol. The zero-order chi connectivity index (χ0) is 15.4. The van der Waals surface area contributed by atoms with Gasteiger partial charge in [-0.2, -0.15) is 11.8 Å². The maximum Gasteiger partial charge on any atom is 0.259 e. The van der Waals surface area contributed by atoms with Gasteiger partial charge >= 0.3 is 0 Å². The number of aromatic nitrogens is 1. The van der Waals surface area contributed by atoms with E-state index in [2.05, 4.69) is 22.6 Å². The number of para-hydroxylation sites is 1. The number of amides is 1. The molecule has 1 N–H and O–H groups in total. The minimum atomic E-state index is 0.0214. The lowest BCUT2D eigenvalue weighted by Gasteiger charge is -2.17. The van der Waals surface area contributed by atoms with Crippen LogP contribution in [0.2, 0.25) is 0 Å². The number of carbonyl (C=O) groups is 1. The van der Waals surface area contributed by atoms with Crippen LogP contribution in [-0.2, 0) is 6.42 Å². The standard InChI is InChI=1S/C17H19N3OS/c1-22-11-9-18-16-7-6-14(12-19-16)17(21)20-10-8-13-4-2-3-5-15(13)20/h2-7,12H,8-11H2,1H3,(H,18,19). The van der Waals surface area contributed by atoms with E-state index in [9.17, 15) is 4.79 Å². The molecule has 0 aliphatic carbocycles. The molecular formula is C17H19N3OS. The number of fused-ring (bicyclic) bond motifs is 1. The molecule has 2 heterocycles. The van der Waals surface area contributed by atoms with Gasteiger partial charge in [0.25, 0.3) is 5.91 Å². The van der Waals surface area contributed by atoms with Gasteiger partial charge in [-0.25, -0.2) is 4.98 Å². The maximum atomic E-state index is 12.6. The topological polar surface area (TPSA) is 45.2 Å². The van der Waals surface area contributed by atoms with Gasteiger partial charge < -0.3 is 10.2 Å². The third kappa shape index (κ3) is 3.09. The normalized spacial score (nSPS) is 13.0. The molecule has 1 aromatic carbocycles. The number of pyridine rings is 1.